The maximum absolute atomic E-state index is 11.5. The van der Waals surface area contributed by atoms with Crippen LogP contribution in [0.3, 0.4) is 0 Å². The van der Waals surface area contributed by atoms with Gasteiger partial charge in [-0.3, -0.25) is 0 Å². The molecule has 0 aromatic carbocycles. The van der Waals surface area contributed by atoms with Crippen molar-refractivity contribution in [2.45, 2.75) is 36.9 Å². The third kappa shape index (κ3) is 3.66. The highest BCUT2D eigenvalue weighted by Gasteiger charge is 2.30. The molecule has 1 heterocycles. The molecule has 1 saturated carbocycles. The second kappa shape index (κ2) is 6.97. The quantitative estimate of drug-likeness (QED) is 0.844. The Kier molecular flexibility index (Phi) is 5.29. The molecular weight excluding hydrogens is 272 g/mol. The summed E-state index contributed by atoms with van der Waals surface area (Å²) in [6.07, 6.45) is 10.3. The van der Waals surface area contributed by atoms with Crippen molar-refractivity contribution >= 4 is 23.5 Å². The molecule has 0 amide bonds. The monoisotopic (exact) mass is 294 g/mol. The average Bonchev–Trinajstić information content (AvgIpc) is 2.53. The Balaban J connectivity index is 2.01. The Morgan fingerprint density at radius 3 is 2.85 bits per heavy atom. The highest BCUT2D eigenvalue weighted by atomic mass is 32.2. The van der Waals surface area contributed by atoms with Crippen LogP contribution in [0.15, 0.2) is 18.3 Å². The van der Waals surface area contributed by atoms with Crippen molar-refractivity contribution in [3.05, 3.63) is 23.9 Å². The number of esters is 1. The maximum atomic E-state index is 11.5. The molecule has 1 fully saturated rings. The first-order valence-corrected chi connectivity index (χ1v) is 8.25. The Bertz CT molecular complexity index is 459. The molecule has 0 atom stereocenters. The zero-order chi connectivity index (χ0) is 14.4. The van der Waals surface area contributed by atoms with Crippen molar-refractivity contribution in [3.8, 4) is 0 Å². The van der Waals surface area contributed by atoms with Gasteiger partial charge in [0, 0.05) is 17.5 Å². The number of thioether (sulfide) groups is 1. The van der Waals surface area contributed by atoms with Crippen LogP contribution >= 0.6 is 11.8 Å². The number of pyridine rings is 1. The molecule has 1 N–H and O–H groups in total. The molecule has 2 rings (SSSR count). The van der Waals surface area contributed by atoms with Gasteiger partial charge in [-0.05, 0) is 31.2 Å². The predicted molar refractivity (Wildman–Crippen MR) is 83.4 cm³/mol. The summed E-state index contributed by atoms with van der Waals surface area (Å²) in [6, 6.07) is 3.42. The third-order valence-electron chi connectivity index (χ3n) is 3.97. The van der Waals surface area contributed by atoms with Crippen LogP contribution in [0.25, 0.3) is 0 Å². The molecular formula is C15H22N2O2S. The fraction of sp³-hybridized carbons (Fsp3) is 0.600. The fourth-order valence-electron chi connectivity index (χ4n) is 2.67. The molecule has 1 aromatic heterocycles. The van der Waals surface area contributed by atoms with Crippen molar-refractivity contribution in [1.29, 1.82) is 0 Å². The van der Waals surface area contributed by atoms with E-state index in [2.05, 4.69) is 16.6 Å². The van der Waals surface area contributed by atoms with Crippen LogP contribution in [0, 0.1) is 0 Å². The Morgan fingerprint density at radius 1 is 1.45 bits per heavy atom. The molecule has 20 heavy (non-hydrogen) atoms. The summed E-state index contributed by atoms with van der Waals surface area (Å²) in [5.74, 6) is 0.416. The highest BCUT2D eigenvalue weighted by Crippen LogP contribution is 2.38. The van der Waals surface area contributed by atoms with Crippen molar-refractivity contribution in [3.63, 3.8) is 0 Å². The topological polar surface area (TPSA) is 51.2 Å². The van der Waals surface area contributed by atoms with Crippen molar-refractivity contribution in [2.75, 3.05) is 25.2 Å². The molecule has 110 valence electrons. The number of methoxy groups -OCH3 is 1. The van der Waals surface area contributed by atoms with E-state index in [0.29, 0.717) is 10.3 Å². The lowest BCUT2D eigenvalue weighted by molar-refractivity contribution is 0.0600. The van der Waals surface area contributed by atoms with Crippen molar-refractivity contribution < 1.29 is 9.53 Å². The number of anilines is 1. The molecule has 4 nitrogen and oxygen atoms in total. The van der Waals surface area contributed by atoms with Crippen LogP contribution in [0.5, 0.6) is 0 Å². The number of aromatic nitrogens is 1. The van der Waals surface area contributed by atoms with E-state index in [0.717, 1.165) is 12.4 Å². The van der Waals surface area contributed by atoms with Gasteiger partial charge in [-0.15, -0.1) is 0 Å². The molecule has 0 radical (unpaired) electrons. The number of nitrogens with one attached hydrogen (secondary N) is 1. The number of carbonyl (C=O) groups is 1. The summed E-state index contributed by atoms with van der Waals surface area (Å²) in [4.78, 5) is 15.8. The number of hydrogen-bond donors (Lipinski definition) is 1. The SMILES string of the molecule is COC(=O)c1ccnc(NCC2(SC)CCCCC2)c1. The smallest absolute Gasteiger partial charge is 0.338 e. The molecule has 0 aliphatic heterocycles. The van der Waals surface area contributed by atoms with E-state index in [1.807, 2.05) is 11.8 Å². The van der Waals surface area contributed by atoms with Gasteiger partial charge in [-0.2, -0.15) is 11.8 Å². The molecule has 5 heteroatoms. The van der Waals surface area contributed by atoms with Crippen LogP contribution in [0.1, 0.15) is 42.5 Å². The number of hydrogen-bond acceptors (Lipinski definition) is 5. The first kappa shape index (κ1) is 15.2. The first-order chi connectivity index (χ1) is 9.69. The van der Waals surface area contributed by atoms with Crippen LogP contribution in [-0.2, 0) is 4.74 Å². The summed E-state index contributed by atoms with van der Waals surface area (Å²) in [7, 11) is 1.39. The molecule has 0 unspecified atom stereocenters. The lowest BCUT2D eigenvalue weighted by atomic mass is 9.88. The van der Waals surface area contributed by atoms with E-state index in [4.69, 9.17) is 4.74 Å². The van der Waals surface area contributed by atoms with E-state index >= 15 is 0 Å². The normalized spacial score (nSPS) is 17.5. The van der Waals surface area contributed by atoms with Crippen LogP contribution in [-0.4, -0.2) is 35.6 Å². The van der Waals surface area contributed by atoms with Gasteiger partial charge in [-0.25, -0.2) is 9.78 Å². The molecule has 0 bridgehead atoms. The predicted octanol–water partition coefficient (Wildman–Crippen LogP) is 3.35. The average molecular weight is 294 g/mol. The van der Waals surface area contributed by atoms with Gasteiger partial charge >= 0.3 is 5.97 Å². The van der Waals surface area contributed by atoms with Gasteiger partial charge in [0.25, 0.3) is 0 Å². The molecule has 1 aromatic rings. The summed E-state index contributed by atoms with van der Waals surface area (Å²) in [5, 5.41) is 3.39. The largest absolute Gasteiger partial charge is 0.465 e. The summed E-state index contributed by atoms with van der Waals surface area (Å²) < 4.78 is 5.03. The van der Waals surface area contributed by atoms with Crippen LogP contribution in [0.4, 0.5) is 5.82 Å². The van der Waals surface area contributed by atoms with Gasteiger partial charge in [0.15, 0.2) is 0 Å². The second-order valence-corrected chi connectivity index (χ2v) is 6.50. The summed E-state index contributed by atoms with van der Waals surface area (Å²) >= 11 is 1.95. The van der Waals surface area contributed by atoms with E-state index in [-0.39, 0.29) is 5.97 Å². The van der Waals surface area contributed by atoms with Gasteiger partial charge in [0.05, 0.1) is 12.7 Å². The van der Waals surface area contributed by atoms with Gasteiger partial charge in [0.2, 0.25) is 0 Å². The fourth-order valence-corrected chi connectivity index (χ4v) is 3.59. The molecule has 1 aliphatic carbocycles. The summed E-state index contributed by atoms with van der Waals surface area (Å²) in [6.45, 7) is 0.895. The molecule has 1 aliphatic rings. The van der Waals surface area contributed by atoms with E-state index < -0.39 is 0 Å². The maximum Gasteiger partial charge on any atom is 0.338 e. The zero-order valence-electron chi connectivity index (χ0n) is 12.1. The van der Waals surface area contributed by atoms with E-state index in [1.54, 1.807) is 18.3 Å². The lowest BCUT2D eigenvalue weighted by Gasteiger charge is -2.36. The Hall–Kier alpha value is -1.23. The molecule has 0 spiro atoms. The van der Waals surface area contributed by atoms with Gasteiger partial charge in [-0.1, -0.05) is 19.3 Å². The Morgan fingerprint density at radius 2 is 2.20 bits per heavy atom. The third-order valence-corrected chi connectivity index (χ3v) is 5.39. The number of nitrogens with zero attached hydrogens (tertiary/aromatic N) is 1. The number of ether oxygens (including phenoxy) is 1. The second-order valence-electron chi connectivity index (χ2n) is 5.22. The van der Waals surface area contributed by atoms with Crippen LogP contribution < -0.4 is 5.32 Å². The lowest BCUT2D eigenvalue weighted by Crippen LogP contribution is -2.35. The number of rotatable bonds is 5. The standard InChI is InChI=1S/C15H22N2O2S/c1-19-14(18)12-6-9-16-13(10-12)17-11-15(20-2)7-4-3-5-8-15/h6,9-10H,3-5,7-8,11H2,1-2H3,(H,16,17). The molecule has 0 saturated heterocycles. The van der Waals surface area contributed by atoms with E-state index in [1.165, 1.54) is 39.2 Å². The highest BCUT2D eigenvalue weighted by molar-refractivity contribution is 8.00. The van der Waals surface area contributed by atoms with Crippen molar-refractivity contribution in [2.24, 2.45) is 0 Å². The van der Waals surface area contributed by atoms with E-state index in [9.17, 15) is 4.79 Å². The first-order valence-electron chi connectivity index (χ1n) is 7.02. The van der Waals surface area contributed by atoms with Gasteiger partial charge in [0.1, 0.15) is 5.82 Å². The van der Waals surface area contributed by atoms with Crippen LogP contribution in [0.2, 0.25) is 0 Å². The van der Waals surface area contributed by atoms with Crippen molar-refractivity contribution in [1.82, 2.24) is 4.98 Å². The van der Waals surface area contributed by atoms with Gasteiger partial charge < -0.3 is 10.1 Å². The Labute approximate surface area is 124 Å². The number of carbonyl (C=O) groups excluding carboxylic acids is 1. The zero-order valence-corrected chi connectivity index (χ0v) is 13.0. The minimum absolute atomic E-state index is 0.307. The minimum atomic E-state index is -0.326. The minimum Gasteiger partial charge on any atom is -0.465 e. The summed E-state index contributed by atoms with van der Waals surface area (Å²) in [5.41, 5.74) is 0.534.